The summed E-state index contributed by atoms with van der Waals surface area (Å²) in [6.45, 7) is 5.12. The summed E-state index contributed by atoms with van der Waals surface area (Å²) in [6, 6.07) is 8.36. The van der Waals surface area contributed by atoms with Crippen molar-refractivity contribution in [1.82, 2.24) is 14.5 Å². The third kappa shape index (κ3) is 4.54. The van der Waals surface area contributed by atoms with Crippen LogP contribution in [-0.4, -0.2) is 63.3 Å². The van der Waals surface area contributed by atoms with E-state index in [1.165, 1.54) is 15.7 Å². The third-order valence-corrected chi connectivity index (χ3v) is 6.76. The molecule has 1 unspecified atom stereocenters. The molecule has 0 saturated carbocycles. The van der Waals surface area contributed by atoms with Crippen LogP contribution >= 0.6 is 0 Å². The molecule has 2 aliphatic rings. The molecule has 2 aliphatic heterocycles. The molecule has 32 heavy (non-hydrogen) atoms. The molecule has 0 spiro atoms. The number of nitro groups is 1. The molecule has 0 aliphatic carbocycles. The van der Waals surface area contributed by atoms with Gasteiger partial charge < -0.3 is 10.0 Å². The summed E-state index contributed by atoms with van der Waals surface area (Å²) in [4.78, 5) is 33.1. The number of hydrogen-bond acceptors (Lipinski definition) is 7. The van der Waals surface area contributed by atoms with Gasteiger partial charge in [-0.25, -0.2) is 4.98 Å². The van der Waals surface area contributed by atoms with Gasteiger partial charge in [0.15, 0.2) is 0 Å². The van der Waals surface area contributed by atoms with Crippen molar-refractivity contribution in [3.05, 3.63) is 61.7 Å². The molecule has 2 aromatic rings. The van der Waals surface area contributed by atoms with Crippen LogP contribution in [0.2, 0.25) is 0 Å². The van der Waals surface area contributed by atoms with Crippen LogP contribution in [0.5, 0.6) is 0 Å². The SMILES string of the molecule is Cc1nc(N2CCc3ccccc3CC2)c([N+](=O)[O-])c(=O)n1CCCN1CCCC1CO. The lowest BCUT2D eigenvalue weighted by atomic mass is 10.0. The predicted octanol–water partition coefficient (Wildman–Crippen LogP) is 1.91. The Kier molecular flexibility index (Phi) is 6.86. The highest BCUT2D eigenvalue weighted by molar-refractivity contribution is 5.57. The predicted molar refractivity (Wildman–Crippen MR) is 122 cm³/mol. The summed E-state index contributed by atoms with van der Waals surface area (Å²) < 4.78 is 1.43. The lowest BCUT2D eigenvalue weighted by Crippen LogP contribution is -2.36. The van der Waals surface area contributed by atoms with E-state index in [2.05, 4.69) is 22.0 Å². The zero-order valence-electron chi connectivity index (χ0n) is 18.6. The molecule has 3 heterocycles. The Morgan fingerprint density at radius 3 is 2.47 bits per heavy atom. The van der Waals surface area contributed by atoms with Crippen molar-refractivity contribution in [1.29, 1.82) is 0 Å². The second-order valence-corrected chi connectivity index (χ2v) is 8.67. The van der Waals surface area contributed by atoms with Gasteiger partial charge in [-0.1, -0.05) is 24.3 Å². The van der Waals surface area contributed by atoms with Gasteiger partial charge in [0, 0.05) is 32.2 Å². The van der Waals surface area contributed by atoms with Gasteiger partial charge in [0.2, 0.25) is 5.82 Å². The Morgan fingerprint density at radius 2 is 1.84 bits per heavy atom. The van der Waals surface area contributed by atoms with Crippen molar-refractivity contribution in [3.63, 3.8) is 0 Å². The molecular weight excluding hydrogens is 410 g/mol. The molecule has 1 atom stereocenters. The van der Waals surface area contributed by atoms with Gasteiger partial charge in [-0.05, 0) is 56.7 Å². The summed E-state index contributed by atoms with van der Waals surface area (Å²) in [5.41, 5.74) is 1.46. The Hall–Kier alpha value is -2.78. The molecule has 1 saturated heterocycles. The van der Waals surface area contributed by atoms with Crippen LogP contribution in [0, 0.1) is 17.0 Å². The van der Waals surface area contributed by atoms with Crippen LogP contribution in [0.15, 0.2) is 29.1 Å². The number of anilines is 1. The smallest absolute Gasteiger partial charge is 0.376 e. The van der Waals surface area contributed by atoms with Gasteiger partial charge in [0.1, 0.15) is 5.82 Å². The number of benzene rings is 1. The third-order valence-electron chi connectivity index (χ3n) is 6.76. The summed E-state index contributed by atoms with van der Waals surface area (Å²) in [6.07, 6.45) is 4.25. The van der Waals surface area contributed by atoms with Crippen molar-refractivity contribution in [2.75, 3.05) is 37.7 Å². The molecule has 1 aromatic heterocycles. The molecule has 1 aromatic carbocycles. The Labute approximate surface area is 187 Å². The van der Waals surface area contributed by atoms with Gasteiger partial charge in [0.25, 0.3) is 0 Å². The zero-order chi connectivity index (χ0) is 22.7. The first-order valence-corrected chi connectivity index (χ1v) is 11.4. The minimum Gasteiger partial charge on any atom is -0.395 e. The van der Waals surface area contributed by atoms with E-state index in [1.807, 2.05) is 17.0 Å². The van der Waals surface area contributed by atoms with Crippen LogP contribution < -0.4 is 10.5 Å². The van der Waals surface area contributed by atoms with Crippen molar-refractivity contribution < 1.29 is 10.0 Å². The topological polar surface area (TPSA) is 105 Å². The van der Waals surface area contributed by atoms with Crippen LogP contribution in [0.3, 0.4) is 0 Å². The highest BCUT2D eigenvalue weighted by Gasteiger charge is 2.30. The molecule has 9 heteroatoms. The first-order valence-electron chi connectivity index (χ1n) is 11.4. The Morgan fingerprint density at radius 1 is 1.16 bits per heavy atom. The van der Waals surface area contributed by atoms with Crippen molar-refractivity contribution in [2.24, 2.45) is 0 Å². The Bertz CT molecular complexity index is 1010. The average molecular weight is 442 g/mol. The molecular formula is C23H31N5O4. The highest BCUT2D eigenvalue weighted by atomic mass is 16.6. The summed E-state index contributed by atoms with van der Waals surface area (Å²) in [5.74, 6) is 0.680. The number of fused-ring (bicyclic) bond motifs is 1. The molecule has 0 amide bonds. The fourth-order valence-corrected chi connectivity index (χ4v) is 4.99. The van der Waals surface area contributed by atoms with E-state index in [0.717, 1.165) is 38.8 Å². The van der Waals surface area contributed by atoms with Crippen molar-refractivity contribution >= 4 is 11.5 Å². The van der Waals surface area contributed by atoms with Crippen LogP contribution in [0.25, 0.3) is 0 Å². The van der Waals surface area contributed by atoms with Crippen molar-refractivity contribution in [3.8, 4) is 0 Å². The van der Waals surface area contributed by atoms with Crippen molar-refractivity contribution in [2.45, 2.75) is 51.6 Å². The van der Waals surface area contributed by atoms with Gasteiger partial charge in [-0.3, -0.25) is 24.4 Å². The maximum absolute atomic E-state index is 13.1. The van der Waals surface area contributed by atoms with E-state index in [0.29, 0.717) is 31.9 Å². The van der Waals surface area contributed by atoms with Crippen LogP contribution in [0.1, 0.15) is 36.2 Å². The molecule has 4 rings (SSSR count). The molecule has 1 fully saturated rings. The number of aryl methyl sites for hydroxylation is 1. The molecule has 9 nitrogen and oxygen atoms in total. The second kappa shape index (κ2) is 9.79. The van der Waals surface area contributed by atoms with E-state index in [9.17, 15) is 20.0 Å². The number of aliphatic hydroxyl groups is 1. The van der Waals surface area contributed by atoms with E-state index >= 15 is 0 Å². The van der Waals surface area contributed by atoms with Crippen LogP contribution in [-0.2, 0) is 19.4 Å². The lowest BCUT2D eigenvalue weighted by Gasteiger charge is -2.24. The van der Waals surface area contributed by atoms with E-state index < -0.39 is 16.2 Å². The van der Waals surface area contributed by atoms with Gasteiger partial charge in [-0.15, -0.1) is 0 Å². The van der Waals surface area contributed by atoms with Gasteiger partial charge >= 0.3 is 11.2 Å². The fraction of sp³-hybridized carbons (Fsp3) is 0.565. The molecule has 0 radical (unpaired) electrons. The number of rotatable bonds is 7. The van der Waals surface area contributed by atoms with Gasteiger partial charge in [-0.2, -0.15) is 0 Å². The Balaban J connectivity index is 1.54. The largest absolute Gasteiger partial charge is 0.395 e. The second-order valence-electron chi connectivity index (χ2n) is 8.67. The minimum atomic E-state index is -0.584. The maximum Gasteiger partial charge on any atom is 0.376 e. The summed E-state index contributed by atoms with van der Waals surface area (Å²) in [5, 5.41) is 21.4. The normalized spacial score (nSPS) is 19.1. The number of likely N-dealkylation sites (tertiary alicyclic amines) is 1. The van der Waals surface area contributed by atoms with Crippen LogP contribution in [0.4, 0.5) is 11.5 Å². The number of hydrogen-bond donors (Lipinski definition) is 1. The average Bonchev–Trinajstić information content (AvgIpc) is 3.12. The standard InChI is InChI=1S/C23H31N5O4/c1-17-24-22(26-14-9-18-6-2-3-7-19(18)10-15-26)21(28(31)32)23(30)27(17)13-5-12-25-11-4-8-20(25)16-29/h2-3,6-7,20,29H,4-5,8-16H2,1H3. The van der Waals surface area contributed by atoms with E-state index in [-0.39, 0.29) is 18.5 Å². The summed E-state index contributed by atoms with van der Waals surface area (Å²) in [7, 11) is 0. The number of nitrogens with zero attached hydrogens (tertiary/aromatic N) is 5. The maximum atomic E-state index is 13.1. The highest BCUT2D eigenvalue weighted by Crippen LogP contribution is 2.26. The first kappa shape index (κ1) is 22.4. The summed E-state index contributed by atoms with van der Waals surface area (Å²) >= 11 is 0. The molecule has 1 N–H and O–H groups in total. The lowest BCUT2D eigenvalue weighted by molar-refractivity contribution is -0.386. The van der Waals surface area contributed by atoms with Gasteiger partial charge in [0.05, 0.1) is 11.5 Å². The quantitative estimate of drug-likeness (QED) is 0.517. The molecule has 172 valence electrons. The molecule has 0 bridgehead atoms. The van der Waals surface area contributed by atoms with E-state index in [4.69, 9.17) is 0 Å². The first-order chi connectivity index (χ1) is 15.5. The zero-order valence-corrected chi connectivity index (χ0v) is 18.6. The number of aromatic nitrogens is 2. The monoisotopic (exact) mass is 441 g/mol. The minimum absolute atomic E-state index is 0.139. The van der Waals surface area contributed by atoms with E-state index in [1.54, 1.807) is 6.92 Å². The fourth-order valence-electron chi connectivity index (χ4n) is 4.99. The number of aliphatic hydroxyl groups excluding tert-OH is 1.